The van der Waals surface area contributed by atoms with E-state index >= 15 is 0 Å². The molecule has 1 aliphatic heterocycles. The minimum atomic E-state index is 0.351. The summed E-state index contributed by atoms with van der Waals surface area (Å²) in [6.45, 7) is 9.86. The molecule has 2 aromatic rings. The third-order valence-electron chi connectivity index (χ3n) is 4.45. The maximum absolute atomic E-state index is 9.81. The van der Waals surface area contributed by atoms with Crippen molar-refractivity contribution < 1.29 is 5.11 Å². The van der Waals surface area contributed by atoms with E-state index in [2.05, 4.69) is 41.5 Å². The van der Waals surface area contributed by atoms with E-state index in [1.807, 2.05) is 12.1 Å². The summed E-state index contributed by atoms with van der Waals surface area (Å²) < 4.78 is 2.31. The third-order valence-corrected chi connectivity index (χ3v) is 4.45. The van der Waals surface area contributed by atoms with Gasteiger partial charge in [0.1, 0.15) is 5.75 Å². The Morgan fingerprint density at radius 2 is 1.86 bits per heavy atom. The third kappa shape index (κ3) is 2.92. The first-order chi connectivity index (χ1) is 10.0. The Balaban J connectivity index is 1.92. The molecule has 0 spiro atoms. The van der Waals surface area contributed by atoms with E-state index in [9.17, 15) is 5.11 Å². The first-order valence-corrected chi connectivity index (χ1v) is 7.78. The van der Waals surface area contributed by atoms with Gasteiger partial charge in [-0.05, 0) is 44.7 Å². The smallest absolute Gasteiger partial charge is 0.116 e. The number of nitrogens with zero attached hydrogens (tertiary/aromatic N) is 3. The second-order valence-corrected chi connectivity index (χ2v) is 6.44. The lowest BCUT2D eigenvalue weighted by Gasteiger charge is -2.32. The maximum Gasteiger partial charge on any atom is 0.116 e. The van der Waals surface area contributed by atoms with E-state index in [0.29, 0.717) is 11.8 Å². The molecule has 1 aromatic carbocycles. The molecule has 1 aliphatic rings. The van der Waals surface area contributed by atoms with Gasteiger partial charge >= 0.3 is 0 Å². The quantitative estimate of drug-likeness (QED) is 0.942. The number of rotatable bonds is 3. The molecule has 1 fully saturated rings. The predicted molar refractivity (Wildman–Crippen MR) is 86.8 cm³/mol. The summed E-state index contributed by atoms with van der Waals surface area (Å²) >= 11 is 0. The van der Waals surface area contributed by atoms with E-state index < -0.39 is 0 Å². The number of likely N-dealkylation sites (N-methyl/N-ethyl adjacent to an activating group) is 1. The summed E-state index contributed by atoms with van der Waals surface area (Å²) in [5.74, 6) is 0.351. The van der Waals surface area contributed by atoms with Crippen LogP contribution in [0.5, 0.6) is 5.75 Å². The van der Waals surface area contributed by atoms with E-state index in [4.69, 9.17) is 0 Å². The Morgan fingerprint density at radius 1 is 1.14 bits per heavy atom. The van der Waals surface area contributed by atoms with Crippen LogP contribution in [0, 0.1) is 0 Å². The van der Waals surface area contributed by atoms with E-state index in [-0.39, 0.29) is 0 Å². The molecule has 21 heavy (non-hydrogen) atoms. The topological polar surface area (TPSA) is 31.6 Å². The van der Waals surface area contributed by atoms with Gasteiger partial charge in [-0.3, -0.25) is 4.90 Å². The minimum absolute atomic E-state index is 0.351. The summed E-state index contributed by atoms with van der Waals surface area (Å²) in [5.41, 5.74) is 2.53. The Bertz CT molecular complexity index is 624. The van der Waals surface area contributed by atoms with Crippen molar-refractivity contribution in [3.8, 4) is 5.75 Å². The fourth-order valence-electron chi connectivity index (χ4n) is 3.11. The highest BCUT2D eigenvalue weighted by Gasteiger charge is 2.17. The Morgan fingerprint density at radius 3 is 2.52 bits per heavy atom. The molecule has 114 valence electrons. The van der Waals surface area contributed by atoms with Gasteiger partial charge in [0.25, 0.3) is 0 Å². The van der Waals surface area contributed by atoms with Gasteiger partial charge in [0, 0.05) is 55.9 Å². The van der Waals surface area contributed by atoms with Crippen molar-refractivity contribution in [3.05, 3.63) is 30.0 Å². The molecule has 0 amide bonds. The van der Waals surface area contributed by atoms with Gasteiger partial charge in [-0.25, -0.2) is 0 Å². The summed E-state index contributed by atoms with van der Waals surface area (Å²) in [6, 6.07) is 6.14. The fourth-order valence-corrected chi connectivity index (χ4v) is 3.11. The van der Waals surface area contributed by atoms with Crippen LogP contribution in [0.2, 0.25) is 0 Å². The lowest BCUT2D eigenvalue weighted by atomic mass is 10.1. The molecule has 2 heterocycles. The van der Waals surface area contributed by atoms with Crippen molar-refractivity contribution in [2.75, 3.05) is 33.2 Å². The standard InChI is InChI=1S/C17H25N3O/c1-13(2)20-12-14(11-19-8-6-18(3)7-9-19)16-10-15(21)4-5-17(16)20/h4-5,10,12-13,21H,6-9,11H2,1-3H3. The van der Waals surface area contributed by atoms with Crippen LogP contribution < -0.4 is 0 Å². The molecule has 0 bridgehead atoms. The van der Waals surface area contributed by atoms with E-state index in [1.165, 1.54) is 16.5 Å². The number of phenolic OH excluding ortho intramolecular Hbond substituents is 1. The van der Waals surface area contributed by atoms with Gasteiger partial charge in [0.2, 0.25) is 0 Å². The molecule has 1 N–H and O–H groups in total. The second-order valence-electron chi connectivity index (χ2n) is 6.44. The van der Waals surface area contributed by atoms with Crippen molar-refractivity contribution in [3.63, 3.8) is 0 Å². The Hall–Kier alpha value is -1.52. The molecule has 4 nitrogen and oxygen atoms in total. The molecule has 0 atom stereocenters. The van der Waals surface area contributed by atoms with Crippen LogP contribution in [0.3, 0.4) is 0 Å². The molecular weight excluding hydrogens is 262 g/mol. The van der Waals surface area contributed by atoms with Crippen molar-refractivity contribution >= 4 is 10.9 Å². The van der Waals surface area contributed by atoms with E-state index in [1.54, 1.807) is 6.07 Å². The molecule has 0 saturated carbocycles. The fraction of sp³-hybridized carbons (Fsp3) is 0.529. The van der Waals surface area contributed by atoms with Gasteiger partial charge < -0.3 is 14.6 Å². The zero-order valence-electron chi connectivity index (χ0n) is 13.2. The van der Waals surface area contributed by atoms with Gasteiger partial charge in [0.05, 0.1) is 0 Å². The summed E-state index contributed by atoms with van der Waals surface area (Å²) in [4.78, 5) is 4.88. The SMILES string of the molecule is CC(C)n1cc(CN2CCN(C)CC2)c2cc(O)ccc21. The van der Waals surface area contributed by atoms with Crippen LogP contribution in [0.1, 0.15) is 25.5 Å². The number of benzene rings is 1. The van der Waals surface area contributed by atoms with Crippen LogP contribution in [0.15, 0.2) is 24.4 Å². The summed E-state index contributed by atoms with van der Waals surface area (Å²) in [7, 11) is 2.18. The average molecular weight is 287 g/mol. The molecule has 1 saturated heterocycles. The number of hydrogen-bond acceptors (Lipinski definition) is 3. The van der Waals surface area contributed by atoms with Crippen LogP contribution >= 0.6 is 0 Å². The minimum Gasteiger partial charge on any atom is -0.508 e. The molecule has 0 aliphatic carbocycles. The van der Waals surface area contributed by atoms with Gasteiger partial charge in [-0.1, -0.05) is 0 Å². The van der Waals surface area contributed by atoms with Crippen LogP contribution in [-0.2, 0) is 6.54 Å². The molecule has 0 radical (unpaired) electrons. The normalized spacial score (nSPS) is 17.9. The van der Waals surface area contributed by atoms with Crippen LogP contribution in [0.4, 0.5) is 0 Å². The first-order valence-electron chi connectivity index (χ1n) is 7.78. The Kier molecular flexibility index (Phi) is 3.91. The highest BCUT2D eigenvalue weighted by atomic mass is 16.3. The second kappa shape index (κ2) is 5.70. The van der Waals surface area contributed by atoms with Gasteiger partial charge in [-0.2, -0.15) is 0 Å². The summed E-state index contributed by atoms with van der Waals surface area (Å²) in [5, 5.41) is 11.0. The molecular formula is C17H25N3O. The maximum atomic E-state index is 9.81. The van der Waals surface area contributed by atoms with Gasteiger partial charge in [-0.15, -0.1) is 0 Å². The molecule has 4 heteroatoms. The van der Waals surface area contributed by atoms with E-state index in [0.717, 1.165) is 32.7 Å². The first kappa shape index (κ1) is 14.4. The lowest BCUT2D eigenvalue weighted by molar-refractivity contribution is 0.148. The van der Waals surface area contributed by atoms with Crippen molar-refractivity contribution in [1.29, 1.82) is 0 Å². The monoisotopic (exact) mass is 287 g/mol. The molecule has 3 rings (SSSR count). The predicted octanol–water partition coefficient (Wildman–Crippen LogP) is 2.68. The highest BCUT2D eigenvalue weighted by Crippen LogP contribution is 2.29. The number of aromatic hydroxyl groups is 1. The average Bonchev–Trinajstić information content (AvgIpc) is 2.80. The number of piperazine rings is 1. The molecule has 0 unspecified atom stereocenters. The zero-order chi connectivity index (χ0) is 15.0. The molecule has 1 aromatic heterocycles. The van der Waals surface area contributed by atoms with Crippen LogP contribution in [-0.4, -0.2) is 52.7 Å². The van der Waals surface area contributed by atoms with Crippen LogP contribution in [0.25, 0.3) is 10.9 Å². The lowest BCUT2D eigenvalue weighted by Crippen LogP contribution is -2.43. The summed E-state index contributed by atoms with van der Waals surface area (Å²) in [6.07, 6.45) is 2.26. The number of hydrogen-bond donors (Lipinski definition) is 1. The Labute approximate surface area is 126 Å². The van der Waals surface area contributed by atoms with Gasteiger partial charge in [0.15, 0.2) is 0 Å². The highest BCUT2D eigenvalue weighted by molar-refractivity contribution is 5.85. The number of fused-ring (bicyclic) bond motifs is 1. The number of aromatic nitrogens is 1. The van der Waals surface area contributed by atoms with Crippen molar-refractivity contribution in [1.82, 2.24) is 14.4 Å². The largest absolute Gasteiger partial charge is 0.508 e. The van der Waals surface area contributed by atoms with Crippen molar-refractivity contribution in [2.24, 2.45) is 0 Å². The van der Waals surface area contributed by atoms with Crippen molar-refractivity contribution in [2.45, 2.75) is 26.4 Å². The number of phenols is 1. The zero-order valence-corrected chi connectivity index (χ0v) is 13.2.